The number of nitrogens with two attached hydrogens (primary N) is 1. The Bertz CT molecular complexity index is 823. The van der Waals surface area contributed by atoms with Gasteiger partial charge in [0.05, 0.1) is 13.2 Å². The molecule has 1 aliphatic heterocycles. The van der Waals surface area contributed by atoms with E-state index in [4.69, 9.17) is 15.2 Å². The van der Waals surface area contributed by atoms with Crippen LogP contribution in [0.3, 0.4) is 0 Å². The average molecular weight is 395 g/mol. The van der Waals surface area contributed by atoms with Gasteiger partial charge < -0.3 is 25.3 Å². The lowest BCUT2D eigenvalue weighted by atomic mass is 10.1. The molecular formula is C19H20F3N3O3. The Labute approximate surface area is 160 Å². The van der Waals surface area contributed by atoms with Gasteiger partial charge in [0, 0.05) is 24.7 Å². The molecule has 1 aliphatic rings. The Morgan fingerprint density at radius 2 is 1.79 bits per heavy atom. The zero-order chi connectivity index (χ0) is 20.0. The zero-order valence-corrected chi connectivity index (χ0v) is 15.0. The Balaban J connectivity index is 1.51. The highest BCUT2D eigenvalue weighted by Crippen LogP contribution is 2.32. The summed E-state index contributed by atoms with van der Waals surface area (Å²) in [6.45, 7) is 1.59. The Kier molecular flexibility index (Phi) is 6.13. The summed E-state index contributed by atoms with van der Waals surface area (Å²) < 4.78 is 51.5. The molecule has 0 bridgehead atoms. The first kappa shape index (κ1) is 19.7. The molecule has 0 aliphatic carbocycles. The highest BCUT2D eigenvalue weighted by Gasteiger charge is 2.30. The van der Waals surface area contributed by atoms with Crippen LogP contribution < -0.4 is 25.3 Å². The summed E-state index contributed by atoms with van der Waals surface area (Å²) in [5.74, 6) is 1.31. The first-order chi connectivity index (χ1) is 13.4. The van der Waals surface area contributed by atoms with E-state index in [2.05, 4.69) is 15.0 Å². The lowest BCUT2D eigenvalue weighted by Gasteiger charge is -2.11. The topological polar surface area (TPSA) is 78.1 Å². The van der Waals surface area contributed by atoms with Crippen LogP contribution in [0.2, 0.25) is 0 Å². The van der Waals surface area contributed by atoms with Gasteiger partial charge in [-0.25, -0.2) is 0 Å². The van der Waals surface area contributed by atoms with Gasteiger partial charge in [-0.05, 0) is 36.2 Å². The summed E-state index contributed by atoms with van der Waals surface area (Å²) in [4.78, 5) is 4.23. The number of nitrogens with one attached hydrogen (secondary N) is 1. The van der Waals surface area contributed by atoms with E-state index >= 15 is 0 Å². The number of halogens is 3. The Morgan fingerprint density at radius 1 is 1.07 bits per heavy atom. The van der Waals surface area contributed by atoms with E-state index in [0.29, 0.717) is 37.7 Å². The van der Waals surface area contributed by atoms with Crippen molar-refractivity contribution in [3.05, 3.63) is 48.0 Å². The van der Waals surface area contributed by atoms with Gasteiger partial charge in [0.15, 0.2) is 17.5 Å². The summed E-state index contributed by atoms with van der Waals surface area (Å²) in [6, 6.07) is 11.1. The van der Waals surface area contributed by atoms with Gasteiger partial charge in [-0.1, -0.05) is 12.1 Å². The van der Waals surface area contributed by atoms with Gasteiger partial charge in [-0.15, -0.1) is 13.2 Å². The molecule has 0 atom stereocenters. The van der Waals surface area contributed by atoms with Crippen molar-refractivity contribution in [2.45, 2.75) is 19.2 Å². The molecule has 0 radical (unpaired) electrons. The number of ether oxygens (including phenoxy) is 3. The summed E-state index contributed by atoms with van der Waals surface area (Å²) in [6.07, 6.45) is -3.35. The number of hydrogen-bond donors (Lipinski definition) is 2. The molecule has 0 saturated carbocycles. The van der Waals surface area contributed by atoms with E-state index in [-0.39, 0.29) is 11.7 Å². The van der Waals surface area contributed by atoms with Crippen molar-refractivity contribution in [1.82, 2.24) is 0 Å². The van der Waals surface area contributed by atoms with Crippen molar-refractivity contribution in [2.75, 3.05) is 25.1 Å². The number of guanidine groups is 1. The monoisotopic (exact) mass is 395 g/mol. The highest BCUT2D eigenvalue weighted by molar-refractivity contribution is 5.92. The van der Waals surface area contributed by atoms with Crippen molar-refractivity contribution < 1.29 is 27.4 Å². The van der Waals surface area contributed by atoms with Crippen LogP contribution in [-0.2, 0) is 6.42 Å². The normalized spacial score (nSPS) is 14.3. The number of anilines is 1. The van der Waals surface area contributed by atoms with Crippen molar-refractivity contribution in [2.24, 2.45) is 10.7 Å². The molecule has 2 aromatic rings. The van der Waals surface area contributed by atoms with E-state index in [0.717, 1.165) is 17.7 Å². The summed E-state index contributed by atoms with van der Waals surface area (Å²) in [5, 5.41) is 2.98. The van der Waals surface area contributed by atoms with Crippen LogP contribution in [0.4, 0.5) is 18.9 Å². The van der Waals surface area contributed by atoms with Crippen LogP contribution in [0.1, 0.15) is 12.0 Å². The van der Waals surface area contributed by atoms with Crippen molar-refractivity contribution >= 4 is 11.6 Å². The lowest BCUT2D eigenvalue weighted by Crippen LogP contribution is -2.23. The van der Waals surface area contributed by atoms with E-state index in [1.807, 2.05) is 6.07 Å². The van der Waals surface area contributed by atoms with Crippen LogP contribution in [0.25, 0.3) is 0 Å². The Hall–Kier alpha value is -3.10. The molecule has 6 nitrogen and oxygen atoms in total. The first-order valence-corrected chi connectivity index (χ1v) is 8.70. The maximum Gasteiger partial charge on any atom is 0.573 e. The minimum absolute atomic E-state index is 0.228. The molecule has 28 heavy (non-hydrogen) atoms. The number of hydrogen-bond acceptors (Lipinski definition) is 4. The number of nitrogens with zero attached hydrogens (tertiary/aromatic N) is 1. The second-order valence-corrected chi connectivity index (χ2v) is 6.05. The number of aliphatic imine (C=N–C) groups is 1. The maximum absolute atomic E-state index is 12.2. The summed E-state index contributed by atoms with van der Waals surface area (Å²) in [5.41, 5.74) is 7.43. The summed E-state index contributed by atoms with van der Waals surface area (Å²) in [7, 11) is 0. The molecule has 150 valence electrons. The smallest absolute Gasteiger partial charge is 0.490 e. The summed E-state index contributed by atoms with van der Waals surface area (Å²) >= 11 is 0. The van der Waals surface area contributed by atoms with E-state index in [9.17, 15) is 13.2 Å². The minimum Gasteiger partial charge on any atom is -0.490 e. The molecule has 2 aromatic carbocycles. The van der Waals surface area contributed by atoms with Crippen LogP contribution in [-0.4, -0.2) is 32.1 Å². The van der Waals surface area contributed by atoms with Crippen molar-refractivity contribution in [1.29, 1.82) is 0 Å². The lowest BCUT2D eigenvalue weighted by molar-refractivity contribution is -0.274. The molecule has 1 heterocycles. The third-order valence-electron chi connectivity index (χ3n) is 3.86. The predicted octanol–water partition coefficient (Wildman–Crippen LogP) is 3.72. The second-order valence-electron chi connectivity index (χ2n) is 6.05. The standard InChI is InChI=1S/C19H20F3N3O3/c20-19(21,22)28-15-5-2-13(3-6-15)8-9-24-18(23)25-14-4-7-16-17(12-14)27-11-1-10-26-16/h2-7,12H,1,8-11H2,(H3,23,24,25). The average Bonchev–Trinajstić information content (AvgIpc) is 2.87. The van der Waals surface area contributed by atoms with Gasteiger partial charge in [0.1, 0.15) is 5.75 Å². The molecule has 0 amide bonds. The fourth-order valence-corrected chi connectivity index (χ4v) is 2.59. The Morgan fingerprint density at radius 3 is 2.50 bits per heavy atom. The largest absolute Gasteiger partial charge is 0.573 e. The van der Waals surface area contributed by atoms with E-state index in [1.54, 1.807) is 24.3 Å². The third kappa shape index (κ3) is 5.97. The molecule has 9 heteroatoms. The minimum atomic E-state index is -4.70. The number of rotatable bonds is 5. The quantitative estimate of drug-likeness (QED) is 0.596. The first-order valence-electron chi connectivity index (χ1n) is 8.70. The van der Waals surface area contributed by atoms with Gasteiger partial charge in [-0.3, -0.25) is 4.99 Å². The molecule has 0 saturated heterocycles. The molecular weight excluding hydrogens is 375 g/mol. The van der Waals surface area contributed by atoms with E-state index in [1.165, 1.54) is 12.1 Å². The highest BCUT2D eigenvalue weighted by atomic mass is 19.4. The SMILES string of the molecule is NC(=NCCc1ccc(OC(F)(F)F)cc1)Nc1ccc2c(c1)OCCCO2. The molecule has 0 aromatic heterocycles. The fraction of sp³-hybridized carbons (Fsp3) is 0.316. The van der Waals surface area contributed by atoms with Gasteiger partial charge in [-0.2, -0.15) is 0 Å². The number of fused-ring (bicyclic) bond motifs is 1. The molecule has 0 fully saturated rings. The van der Waals surface area contributed by atoms with Gasteiger partial charge >= 0.3 is 6.36 Å². The number of benzene rings is 2. The van der Waals surface area contributed by atoms with Gasteiger partial charge in [0.2, 0.25) is 0 Å². The van der Waals surface area contributed by atoms with Crippen molar-refractivity contribution in [3.63, 3.8) is 0 Å². The molecule has 3 rings (SSSR count). The second kappa shape index (κ2) is 8.73. The van der Waals surface area contributed by atoms with Crippen LogP contribution in [0.15, 0.2) is 47.5 Å². The number of alkyl halides is 3. The van der Waals surface area contributed by atoms with Crippen LogP contribution in [0, 0.1) is 0 Å². The zero-order valence-electron chi connectivity index (χ0n) is 15.0. The maximum atomic E-state index is 12.2. The van der Waals surface area contributed by atoms with E-state index < -0.39 is 6.36 Å². The van der Waals surface area contributed by atoms with Crippen LogP contribution in [0.5, 0.6) is 17.2 Å². The molecule has 3 N–H and O–H groups in total. The third-order valence-corrected chi connectivity index (χ3v) is 3.86. The molecule has 0 unspecified atom stereocenters. The van der Waals surface area contributed by atoms with Crippen LogP contribution >= 0.6 is 0 Å². The molecule has 0 spiro atoms. The van der Waals surface area contributed by atoms with Crippen molar-refractivity contribution in [3.8, 4) is 17.2 Å². The predicted molar refractivity (Wildman–Crippen MR) is 99.0 cm³/mol. The fourth-order valence-electron chi connectivity index (χ4n) is 2.59. The van der Waals surface area contributed by atoms with Gasteiger partial charge in [0.25, 0.3) is 0 Å².